The van der Waals surface area contributed by atoms with E-state index in [0.717, 1.165) is 18.4 Å². The lowest BCUT2D eigenvalue weighted by Gasteiger charge is -2.33. The summed E-state index contributed by atoms with van der Waals surface area (Å²) in [6.07, 6.45) is 5.09. The number of carbonyl (C=O) groups excluding carboxylic acids is 1. The number of thiocarbonyl (C=S) groups is 1. The third kappa shape index (κ3) is 2.52. The Labute approximate surface area is 135 Å². The van der Waals surface area contributed by atoms with Gasteiger partial charge in [-0.2, -0.15) is 0 Å². The van der Waals surface area contributed by atoms with Crippen molar-refractivity contribution in [2.75, 3.05) is 0 Å². The SMILES string of the molecule is O=C1/C(=C\c2ccc(O)c(Br)c2)SC(=S)N1C1CCC1. The highest BCUT2D eigenvalue weighted by Gasteiger charge is 2.39. The second-order valence-corrected chi connectivity index (χ2v) is 7.38. The molecule has 1 aliphatic carbocycles. The lowest BCUT2D eigenvalue weighted by atomic mass is 9.92. The fraction of sp³-hybridized carbons (Fsp3) is 0.286. The number of hydrogen-bond donors (Lipinski definition) is 1. The molecule has 20 heavy (non-hydrogen) atoms. The van der Waals surface area contributed by atoms with Gasteiger partial charge in [0.2, 0.25) is 0 Å². The van der Waals surface area contributed by atoms with Crippen molar-refractivity contribution in [2.45, 2.75) is 25.3 Å². The maximum absolute atomic E-state index is 12.4. The number of nitrogens with zero attached hydrogens (tertiary/aromatic N) is 1. The molecule has 2 fully saturated rings. The van der Waals surface area contributed by atoms with E-state index < -0.39 is 0 Å². The molecule has 3 rings (SSSR count). The maximum Gasteiger partial charge on any atom is 0.266 e. The van der Waals surface area contributed by atoms with Crippen LogP contribution >= 0.6 is 39.9 Å². The fourth-order valence-electron chi connectivity index (χ4n) is 2.20. The van der Waals surface area contributed by atoms with Gasteiger partial charge in [-0.3, -0.25) is 9.69 Å². The van der Waals surface area contributed by atoms with Crippen LogP contribution < -0.4 is 0 Å². The summed E-state index contributed by atoms with van der Waals surface area (Å²) >= 11 is 9.94. The minimum absolute atomic E-state index is 0.00824. The average molecular weight is 370 g/mol. The Hall–Kier alpha value is -0.850. The Balaban J connectivity index is 1.86. The molecule has 0 spiro atoms. The van der Waals surface area contributed by atoms with Crippen LogP contribution in [0.15, 0.2) is 27.6 Å². The van der Waals surface area contributed by atoms with Crippen molar-refractivity contribution in [3.63, 3.8) is 0 Å². The summed E-state index contributed by atoms with van der Waals surface area (Å²) in [5.74, 6) is 0.193. The lowest BCUT2D eigenvalue weighted by molar-refractivity contribution is -0.124. The largest absolute Gasteiger partial charge is 0.507 e. The first-order valence-electron chi connectivity index (χ1n) is 6.32. The molecule has 6 heteroatoms. The number of phenolic OH excluding ortho intramolecular Hbond substituents is 1. The van der Waals surface area contributed by atoms with E-state index in [9.17, 15) is 9.90 Å². The van der Waals surface area contributed by atoms with Crippen LogP contribution in [-0.4, -0.2) is 26.3 Å². The average Bonchev–Trinajstić information content (AvgIpc) is 2.60. The Kier molecular flexibility index (Phi) is 3.88. The van der Waals surface area contributed by atoms with Gasteiger partial charge in [0.1, 0.15) is 10.1 Å². The van der Waals surface area contributed by atoms with Gasteiger partial charge in [0, 0.05) is 6.04 Å². The van der Waals surface area contributed by atoms with Gasteiger partial charge in [-0.05, 0) is 59.0 Å². The predicted octanol–water partition coefficient (Wildman–Crippen LogP) is 3.91. The first kappa shape index (κ1) is 14.1. The molecule has 1 saturated carbocycles. The van der Waals surface area contributed by atoms with Crippen LogP contribution in [0.4, 0.5) is 0 Å². The summed E-state index contributed by atoms with van der Waals surface area (Å²) in [5.41, 5.74) is 0.865. The summed E-state index contributed by atoms with van der Waals surface area (Å²) in [6, 6.07) is 5.45. The maximum atomic E-state index is 12.4. The van der Waals surface area contributed by atoms with Crippen LogP contribution in [0.1, 0.15) is 24.8 Å². The molecule has 1 aromatic carbocycles. The predicted molar refractivity (Wildman–Crippen MR) is 88.5 cm³/mol. The lowest BCUT2D eigenvalue weighted by Crippen LogP contribution is -2.42. The van der Waals surface area contributed by atoms with E-state index in [0.29, 0.717) is 19.7 Å². The van der Waals surface area contributed by atoms with Gasteiger partial charge in [-0.25, -0.2) is 0 Å². The van der Waals surface area contributed by atoms with E-state index in [1.807, 2.05) is 6.08 Å². The summed E-state index contributed by atoms with van der Waals surface area (Å²) in [4.78, 5) is 14.8. The second kappa shape index (κ2) is 5.50. The molecule has 0 unspecified atom stereocenters. The number of thioether (sulfide) groups is 1. The molecule has 1 amide bonds. The fourth-order valence-corrected chi connectivity index (χ4v) is 4.00. The zero-order valence-electron chi connectivity index (χ0n) is 10.5. The van der Waals surface area contributed by atoms with Gasteiger partial charge in [-0.15, -0.1) is 0 Å². The molecule has 1 aliphatic heterocycles. The van der Waals surface area contributed by atoms with Crippen LogP contribution in [-0.2, 0) is 4.79 Å². The molecular weight excluding hydrogens is 358 g/mol. The number of rotatable bonds is 2. The van der Waals surface area contributed by atoms with Crippen LogP contribution in [0, 0.1) is 0 Å². The zero-order chi connectivity index (χ0) is 14.3. The van der Waals surface area contributed by atoms with Gasteiger partial charge in [-0.1, -0.05) is 30.0 Å². The minimum Gasteiger partial charge on any atom is -0.507 e. The number of phenols is 1. The molecule has 3 nitrogen and oxygen atoms in total. The standard InChI is InChI=1S/C14H12BrNO2S2/c15-10-6-8(4-5-11(10)17)7-12-13(18)16(14(19)20-12)9-2-1-3-9/h4-7,9,17H,1-3H2/b12-7+. The van der Waals surface area contributed by atoms with Crippen molar-refractivity contribution < 1.29 is 9.90 Å². The molecule has 1 heterocycles. The van der Waals surface area contributed by atoms with Crippen molar-refractivity contribution in [2.24, 2.45) is 0 Å². The van der Waals surface area contributed by atoms with Gasteiger partial charge < -0.3 is 5.11 Å². The van der Waals surface area contributed by atoms with E-state index in [1.54, 1.807) is 23.1 Å². The molecule has 104 valence electrons. The van der Waals surface area contributed by atoms with Gasteiger partial charge in [0.25, 0.3) is 5.91 Å². The number of amides is 1. The first-order chi connectivity index (χ1) is 9.56. The molecule has 0 atom stereocenters. The Morgan fingerprint density at radius 2 is 2.20 bits per heavy atom. The molecular formula is C14H12BrNO2S2. The summed E-state index contributed by atoms with van der Waals surface area (Å²) in [5, 5.41) is 9.48. The topological polar surface area (TPSA) is 40.5 Å². The van der Waals surface area contributed by atoms with Gasteiger partial charge in [0.05, 0.1) is 9.38 Å². The first-order valence-corrected chi connectivity index (χ1v) is 8.33. The molecule has 0 radical (unpaired) electrons. The Morgan fingerprint density at radius 3 is 2.80 bits per heavy atom. The molecule has 1 saturated heterocycles. The molecule has 1 N–H and O–H groups in total. The highest BCUT2D eigenvalue weighted by atomic mass is 79.9. The van der Waals surface area contributed by atoms with Crippen LogP contribution in [0.2, 0.25) is 0 Å². The normalized spacial score (nSPS) is 21.6. The van der Waals surface area contributed by atoms with Crippen molar-refractivity contribution in [3.8, 4) is 5.75 Å². The van der Waals surface area contributed by atoms with Crippen molar-refractivity contribution in [3.05, 3.63) is 33.1 Å². The molecule has 2 aliphatic rings. The van der Waals surface area contributed by atoms with Crippen LogP contribution in [0.3, 0.4) is 0 Å². The number of hydrogen-bond acceptors (Lipinski definition) is 4. The summed E-state index contributed by atoms with van der Waals surface area (Å²) in [7, 11) is 0. The number of benzene rings is 1. The second-order valence-electron chi connectivity index (χ2n) is 4.85. The third-order valence-corrected chi connectivity index (χ3v) is 5.50. The van der Waals surface area contributed by atoms with Crippen molar-refractivity contribution >= 4 is 56.2 Å². The summed E-state index contributed by atoms with van der Waals surface area (Å²) < 4.78 is 1.27. The van der Waals surface area contributed by atoms with E-state index in [-0.39, 0.29) is 11.7 Å². The van der Waals surface area contributed by atoms with E-state index in [4.69, 9.17) is 12.2 Å². The van der Waals surface area contributed by atoms with Gasteiger partial charge >= 0.3 is 0 Å². The van der Waals surface area contributed by atoms with E-state index in [1.165, 1.54) is 18.2 Å². The minimum atomic E-state index is 0.00824. The quantitative estimate of drug-likeness (QED) is 0.633. The molecule has 0 bridgehead atoms. The van der Waals surface area contributed by atoms with Gasteiger partial charge in [0.15, 0.2) is 0 Å². The van der Waals surface area contributed by atoms with Crippen molar-refractivity contribution in [1.82, 2.24) is 4.90 Å². The third-order valence-electron chi connectivity index (χ3n) is 3.53. The highest BCUT2D eigenvalue weighted by Crippen LogP contribution is 2.39. The number of halogens is 1. The van der Waals surface area contributed by atoms with Crippen LogP contribution in [0.25, 0.3) is 6.08 Å². The summed E-state index contributed by atoms with van der Waals surface area (Å²) in [6.45, 7) is 0. The number of carbonyl (C=O) groups is 1. The number of aromatic hydroxyl groups is 1. The van der Waals surface area contributed by atoms with E-state index >= 15 is 0 Å². The van der Waals surface area contributed by atoms with E-state index in [2.05, 4.69) is 15.9 Å². The molecule has 1 aromatic rings. The van der Waals surface area contributed by atoms with Crippen molar-refractivity contribution in [1.29, 1.82) is 0 Å². The highest BCUT2D eigenvalue weighted by molar-refractivity contribution is 9.10. The van der Waals surface area contributed by atoms with Crippen LogP contribution in [0.5, 0.6) is 5.75 Å². The Bertz CT molecular complexity index is 626. The molecule has 0 aromatic heterocycles. The monoisotopic (exact) mass is 369 g/mol. The smallest absolute Gasteiger partial charge is 0.266 e. The Morgan fingerprint density at radius 1 is 1.45 bits per heavy atom. The zero-order valence-corrected chi connectivity index (χ0v) is 13.7.